The van der Waals surface area contributed by atoms with E-state index in [1.165, 1.54) is 54.8 Å². The fraction of sp³-hybridized carbons (Fsp3) is 0.594. The van der Waals surface area contributed by atoms with Crippen LogP contribution in [0, 0.1) is 19.8 Å². The molecule has 504 valence electrons. The number of likely N-dealkylation sites (tertiary alicyclic amines) is 1. The molecule has 0 spiro atoms. The largest absolute Gasteiger partial charge is 0.481 e. The van der Waals surface area contributed by atoms with Gasteiger partial charge in [0.25, 0.3) is 0 Å². The van der Waals surface area contributed by atoms with E-state index in [0.29, 0.717) is 50.4 Å². The first-order chi connectivity index (χ1) is 44.3. The molecule has 0 radical (unpaired) electrons. The van der Waals surface area contributed by atoms with Gasteiger partial charge in [0, 0.05) is 75.1 Å². The Kier molecular flexibility index (Phi) is 34.1. The number of hydrogen-bond donors (Lipinski definition) is 7. The van der Waals surface area contributed by atoms with E-state index in [1.807, 2.05) is 0 Å². The van der Waals surface area contributed by atoms with Crippen molar-refractivity contribution in [2.24, 2.45) is 5.92 Å². The van der Waals surface area contributed by atoms with E-state index in [4.69, 9.17) is 24.1 Å². The summed E-state index contributed by atoms with van der Waals surface area (Å²) in [6, 6.07) is 2.32. The van der Waals surface area contributed by atoms with E-state index in [1.54, 1.807) is 50.5 Å². The van der Waals surface area contributed by atoms with Crippen molar-refractivity contribution >= 4 is 85.8 Å². The zero-order valence-electron chi connectivity index (χ0n) is 53.2. The number of nitrogens with zero attached hydrogens (tertiary/aromatic N) is 7. The predicted molar refractivity (Wildman–Crippen MR) is 344 cm³/mol. The average Bonchev–Trinajstić information content (AvgIpc) is 1.63. The summed E-state index contributed by atoms with van der Waals surface area (Å²) < 4.78 is 23.7. The Hall–Kier alpha value is -7.66. The Labute approximate surface area is 545 Å². The molecule has 5 heterocycles. The van der Waals surface area contributed by atoms with Gasteiger partial charge in [0.15, 0.2) is 5.78 Å². The summed E-state index contributed by atoms with van der Waals surface area (Å²) in [4.78, 5) is 133. The maximum absolute atomic E-state index is 14.5. The van der Waals surface area contributed by atoms with Crippen molar-refractivity contribution in [3.05, 3.63) is 71.1 Å². The minimum Gasteiger partial charge on any atom is -0.481 e. The van der Waals surface area contributed by atoms with Crippen LogP contribution in [-0.2, 0) is 63.8 Å². The number of ketones is 1. The molecule has 1 aliphatic heterocycles. The van der Waals surface area contributed by atoms with Crippen LogP contribution in [0.2, 0.25) is 0 Å². The van der Waals surface area contributed by atoms with Crippen LogP contribution in [0.5, 0.6) is 0 Å². The van der Waals surface area contributed by atoms with Crippen LogP contribution < -0.4 is 26.6 Å². The number of carboxylic acids is 2. The highest BCUT2D eigenvalue weighted by molar-refractivity contribution is 9.10. The number of amides is 6. The number of unbranched alkanes of at least 4 members (excludes halogenated alkanes) is 13. The molecular weight excluding hydrogens is 1260 g/mol. The minimum absolute atomic E-state index is 0.0551. The summed E-state index contributed by atoms with van der Waals surface area (Å²) >= 11 is 3.35. The SMILES string of the molecule is C=C[C@@H]1[C@@H](CNC(=O)COCCOCCNC(=O)COCCOCCNC(=O)CC[C@H](NC(=O)CCCCCCCCCCCCCCCCC(=O)O)C(=O)O)C[C@@H](C(=O)Nc2nc(Br)ccc2C)N1C(=O)Cn1nc(C(C)=O)c2cc(-c3cnc(C)nc3)ncc21. The number of nitrogens with one attached hydrogen (secondary N) is 5. The highest BCUT2D eigenvalue weighted by Gasteiger charge is 2.46. The van der Waals surface area contributed by atoms with Crippen molar-refractivity contribution in [2.75, 3.05) is 77.8 Å². The number of carbonyl (C=O) groups is 9. The number of fused-ring (bicyclic) bond motifs is 1. The van der Waals surface area contributed by atoms with Crippen LogP contribution in [0.15, 0.2) is 54.0 Å². The number of carboxylic acid groups (broad SMARTS) is 2. The zero-order valence-corrected chi connectivity index (χ0v) is 54.8. The molecule has 5 rings (SSSR count). The molecule has 6 amide bonds. The summed E-state index contributed by atoms with van der Waals surface area (Å²) in [5.41, 5.74) is 2.38. The fourth-order valence-corrected chi connectivity index (χ4v) is 10.8. The van der Waals surface area contributed by atoms with Gasteiger partial charge in [-0.15, -0.1) is 6.58 Å². The smallest absolute Gasteiger partial charge is 0.326 e. The standard InChI is InChI=1S/C64H91BrN12O15/c1-5-51-46(34-52(63(86)74-62-43(2)22-24-54(65)73-62)77(51)59(83)40-76-53-39-70-50(47-37-68-45(4)69-38-47)35-48(53)61(75-76)44(3)78)36-71-58(82)42-92-33-31-90-29-27-67-57(81)41-91-32-30-89-28-26-66-55(79)25-23-49(64(87)88)72-56(80)20-18-16-14-12-10-8-6-7-9-11-13-15-17-19-21-60(84)85/h5,22,24,35,37-39,46,49,51-52H,1,6-21,23,25-34,36,40-42H2,2-4H3,(H,66,79)(H,67,81)(H,71,82)(H,72,80)(H,84,85)(H,87,88)(H,73,74,86)/t46-,49+,51-,52+/m1/s1. The summed E-state index contributed by atoms with van der Waals surface area (Å²) in [6.45, 7) is 9.27. The normalized spacial score (nSPS) is 14.8. The lowest BCUT2D eigenvalue weighted by molar-refractivity contribution is -0.142. The number of aliphatic carboxylic acids is 2. The Morgan fingerprint density at radius 3 is 1.84 bits per heavy atom. The summed E-state index contributed by atoms with van der Waals surface area (Å²) in [5.74, 6) is -4.37. The van der Waals surface area contributed by atoms with Crippen molar-refractivity contribution in [2.45, 2.75) is 167 Å². The molecule has 27 nitrogen and oxygen atoms in total. The highest BCUT2D eigenvalue weighted by Crippen LogP contribution is 2.33. The number of ether oxygens (including phenoxy) is 4. The molecule has 28 heteroatoms. The quantitative estimate of drug-likeness (QED) is 0.0109. The third kappa shape index (κ3) is 27.3. The average molecular weight is 1350 g/mol. The molecule has 4 aromatic heterocycles. The lowest BCUT2D eigenvalue weighted by Gasteiger charge is -2.29. The fourth-order valence-electron chi connectivity index (χ4n) is 10.4. The number of carbonyl (C=O) groups excluding carboxylic acids is 7. The van der Waals surface area contributed by atoms with Gasteiger partial charge in [-0.2, -0.15) is 5.10 Å². The predicted octanol–water partition coefficient (Wildman–Crippen LogP) is 6.37. The molecule has 4 aromatic rings. The van der Waals surface area contributed by atoms with Gasteiger partial charge in [-0.1, -0.05) is 89.2 Å². The number of halogens is 1. The van der Waals surface area contributed by atoms with Gasteiger partial charge in [-0.3, -0.25) is 48.0 Å². The van der Waals surface area contributed by atoms with Gasteiger partial charge in [-0.25, -0.2) is 19.7 Å². The molecule has 0 bridgehead atoms. The van der Waals surface area contributed by atoms with Gasteiger partial charge in [0.05, 0.1) is 63.1 Å². The van der Waals surface area contributed by atoms with Gasteiger partial charge in [0.2, 0.25) is 35.4 Å². The van der Waals surface area contributed by atoms with Crippen LogP contribution in [0.3, 0.4) is 0 Å². The summed E-state index contributed by atoms with van der Waals surface area (Å²) in [6.07, 6.45) is 21.7. The molecule has 0 aliphatic carbocycles. The molecule has 92 heavy (non-hydrogen) atoms. The third-order valence-electron chi connectivity index (χ3n) is 15.4. The van der Waals surface area contributed by atoms with Gasteiger partial charge < -0.3 is 60.6 Å². The van der Waals surface area contributed by atoms with Crippen molar-refractivity contribution in [3.63, 3.8) is 0 Å². The van der Waals surface area contributed by atoms with Gasteiger partial charge >= 0.3 is 11.9 Å². The van der Waals surface area contributed by atoms with Crippen molar-refractivity contribution < 1.29 is 72.3 Å². The first-order valence-electron chi connectivity index (χ1n) is 31.7. The van der Waals surface area contributed by atoms with Crippen LogP contribution in [-0.4, -0.2) is 189 Å². The van der Waals surface area contributed by atoms with E-state index in [2.05, 4.69) is 74.1 Å². The van der Waals surface area contributed by atoms with Crippen molar-refractivity contribution in [3.8, 4) is 11.3 Å². The van der Waals surface area contributed by atoms with Crippen molar-refractivity contribution in [1.82, 2.24) is 55.9 Å². The molecule has 0 aromatic carbocycles. The second-order valence-electron chi connectivity index (χ2n) is 22.7. The molecule has 1 aliphatic rings. The van der Waals surface area contributed by atoms with Crippen LogP contribution in [0.25, 0.3) is 22.2 Å². The molecule has 0 saturated carbocycles. The van der Waals surface area contributed by atoms with E-state index < -0.39 is 53.7 Å². The van der Waals surface area contributed by atoms with Crippen LogP contribution in [0.1, 0.15) is 151 Å². The van der Waals surface area contributed by atoms with E-state index >= 15 is 0 Å². The van der Waals surface area contributed by atoms with Gasteiger partial charge in [0.1, 0.15) is 53.8 Å². The molecule has 0 unspecified atom stereocenters. The number of Topliss-reactive ketones (excluding diaryl/α,β-unsaturated/α-hetero) is 1. The third-order valence-corrected chi connectivity index (χ3v) is 15.8. The van der Waals surface area contributed by atoms with Gasteiger partial charge in [-0.05, 0) is 73.2 Å². The van der Waals surface area contributed by atoms with Crippen molar-refractivity contribution in [1.29, 1.82) is 0 Å². The Morgan fingerprint density at radius 2 is 1.26 bits per heavy atom. The molecule has 1 saturated heterocycles. The summed E-state index contributed by atoms with van der Waals surface area (Å²) in [5, 5.41) is 36.9. The van der Waals surface area contributed by atoms with Crippen LogP contribution >= 0.6 is 15.9 Å². The number of rotatable bonds is 47. The summed E-state index contributed by atoms with van der Waals surface area (Å²) in [7, 11) is 0. The zero-order chi connectivity index (χ0) is 66.6. The topological polar surface area (TPSA) is 364 Å². The number of hydrogen-bond acceptors (Lipinski definition) is 18. The minimum atomic E-state index is -1.20. The number of anilines is 1. The maximum atomic E-state index is 14.5. The number of aryl methyl sites for hydroxylation is 2. The Morgan fingerprint density at radius 1 is 0.696 bits per heavy atom. The monoisotopic (exact) mass is 1350 g/mol. The first-order valence-corrected chi connectivity index (χ1v) is 32.5. The molecular formula is C64H91BrN12O15. The maximum Gasteiger partial charge on any atom is 0.326 e. The second kappa shape index (κ2) is 41.7. The lowest BCUT2D eigenvalue weighted by atomic mass is 9.98. The molecule has 1 fully saturated rings. The number of pyridine rings is 2. The van der Waals surface area contributed by atoms with E-state index in [-0.39, 0.29) is 140 Å². The molecule has 4 atom stereocenters. The Bertz CT molecular complexity index is 3060. The lowest BCUT2D eigenvalue weighted by Crippen LogP contribution is -2.48. The van der Waals surface area contributed by atoms with Crippen LogP contribution in [0.4, 0.5) is 5.82 Å². The highest BCUT2D eigenvalue weighted by atomic mass is 79.9. The Balaban J connectivity index is 0.893. The first kappa shape index (κ1) is 75.1. The second-order valence-corrected chi connectivity index (χ2v) is 23.5. The molecule has 7 N–H and O–H groups in total. The van der Waals surface area contributed by atoms with E-state index in [0.717, 1.165) is 51.4 Å². The van der Waals surface area contributed by atoms with E-state index in [9.17, 15) is 48.3 Å². The number of aromatic nitrogens is 6.